The molecule has 3 N–H and O–H groups in total. The lowest BCUT2D eigenvalue weighted by molar-refractivity contribution is -0.0549. The summed E-state index contributed by atoms with van der Waals surface area (Å²) in [5.74, 6) is -0.103. The van der Waals surface area contributed by atoms with E-state index in [9.17, 15) is 15.3 Å². The molecule has 0 saturated carbocycles. The molecule has 3 nitrogen and oxygen atoms in total. The maximum Gasteiger partial charge on any atom is 0.0568 e. The first-order chi connectivity index (χ1) is 6.29. The number of aliphatic hydroxyl groups excluding tert-OH is 3. The maximum absolute atomic E-state index is 9.63. The summed E-state index contributed by atoms with van der Waals surface area (Å²) in [6, 6.07) is 0. The third-order valence-electron chi connectivity index (χ3n) is 2.89. The van der Waals surface area contributed by atoms with Crippen molar-refractivity contribution in [3.63, 3.8) is 0 Å². The number of rotatable bonds is 5. The zero-order valence-electron chi connectivity index (χ0n) is 9.81. The zero-order chi connectivity index (χ0) is 11.5. The summed E-state index contributed by atoms with van der Waals surface area (Å²) in [5.41, 5.74) is 0. The van der Waals surface area contributed by atoms with Gasteiger partial charge in [-0.1, -0.05) is 13.8 Å². The van der Waals surface area contributed by atoms with Gasteiger partial charge < -0.3 is 15.3 Å². The van der Waals surface area contributed by atoms with E-state index in [4.69, 9.17) is 0 Å². The van der Waals surface area contributed by atoms with Gasteiger partial charge in [0.15, 0.2) is 0 Å². The highest BCUT2D eigenvalue weighted by Gasteiger charge is 2.34. The molecular formula is C11H24O3. The Morgan fingerprint density at radius 3 is 0.929 bits per heavy atom. The summed E-state index contributed by atoms with van der Waals surface area (Å²) in [5, 5.41) is 28.8. The van der Waals surface area contributed by atoms with Crippen LogP contribution >= 0.6 is 0 Å². The van der Waals surface area contributed by atoms with Gasteiger partial charge in [0, 0.05) is 5.92 Å². The first kappa shape index (κ1) is 13.9. The van der Waals surface area contributed by atoms with Gasteiger partial charge in [-0.15, -0.1) is 0 Å². The summed E-state index contributed by atoms with van der Waals surface area (Å²) in [4.78, 5) is 0. The Morgan fingerprint density at radius 1 is 0.571 bits per heavy atom. The van der Waals surface area contributed by atoms with Gasteiger partial charge in [0.2, 0.25) is 0 Å². The minimum absolute atomic E-state index is 0.0741. The van der Waals surface area contributed by atoms with Crippen molar-refractivity contribution in [1.82, 2.24) is 0 Å². The fourth-order valence-electron chi connectivity index (χ4n) is 2.37. The third kappa shape index (κ3) is 3.56. The Kier molecular flexibility index (Phi) is 5.64. The third-order valence-corrected chi connectivity index (χ3v) is 2.89. The molecule has 0 amide bonds. The molecule has 0 aliphatic heterocycles. The smallest absolute Gasteiger partial charge is 0.0568 e. The molecule has 0 saturated heterocycles. The van der Waals surface area contributed by atoms with Crippen LogP contribution in [0.15, 0.2) is 0 Å². The second kappa shape index (κ2) is 5.69. The molecule has 4 unspecified atom stereocenters. The summed E-state index contributed by atoms with van der Waals surface area (Å²) in [6.45, 7) is 9.02. The van der Waals surface area contributed by atoms with E-state index >= 15 is 0 Å². The largest absolute Gasteiger partial charge is 0.393 e. The Labute approximate surface area is 86.8 Å². The van der Waals surface area contributed by atoms with Crippen molar-refractivity contribution in [2.45, 2.75) is 52.9 Å². The summed E-state index contributed by atoms with van der Waals surface area (Å²) in [6.07, 6.45) is -1.71. The molecule has 4 atom stereocenters. The Morgan fingerprint density at radius 2 is 0.857 bits per heavy atom. The van der Waals surface area contributed by atoms with Crippen molar-refractivity contribution in [2.75, 3.05) is 0 Å². The summed E-state index contributed by atoms with van der Waals surface area (Å²) >= 11 is 0. The lowest BCUT2D eigenvalue weighted by atomic mass is 9.75. The molecule has 0 bridgehead atoms. The number of hydrogen-bond donors (Lipinski definition) is 3. The SMILES string of the molecule is CC(C)C(C(C)O)C(C(C)O)C(C)O. The molecule has 0 aromatic carbocycles. The average Bonchev–Trinajstić information content (AvgIpc) is 1.96. The Bertz CT molecular complexity index is 119. The van der Waals surface area contributed by atoms with Gasteiger partial charge in [-0.05, 0) is 32.6 Å². The predicted molar refractivity (Wildman–Crippen MR) is 56.9 cm³/mol. The minimum atomic E-state index is -0.600. The van der Waals surface area contributed by atoms with Crippen molar-refractivity contribution >= 4 is 0 Å². The lowest BCUT2D eigenvalue weighted by Crippen LogP contribution is -2.42. The van der Waals surface area contributed by atoms with E-state index in [1.165, 1.54) is 0 Å². The summed E-state index contributed by atoms with van der Waals surface area (Å²) in [7, 11) is 0. The molecule has 0 aliphatic rings. The molecule has 0 aromatic heterocycles. The molecule has 0 fully saturated rings. The van der Waals surface area contributed by atoms with Gasteiger partial charge in [-0.2, -0.15) is 0 Å². The molecule has 3 heteroatoms. The highest BCUT2D eigenvalue weighted by molar-refractivity contribution is 4.83. The van der Waals surface area contributed by atoms with Crippen LogP contribution in [0.3, 0.4) is 0 Å². The fourth-order valence-corrected chi connectivity index (χ4v) is 2.37. The van der Waals surface area contributed by atoms with Crippen molar-refractivity contribution in [3.8, 4) is 0 Å². The monoisotopic (exact) mass is 204 g/mol. The summed E-state index contributed by atoms with van der Waals surface area (Å²) < 4.78 is 0. The molecule has 0 aliphatic carbocycles. The van der Waals surface area contributed by atoms with Gasteiger partial charge in [-0.3, -0.25) is 0 Å². The van der Waals surface area contributed by atoms with Crippen LogP contribution < -0.4 is 0 Å². The molecule has 0 rings (SSSR count). The normalized spacial score (nSPS) is 22.9. The molecule has 86 valence electrons. The Balaban J connectivity index is 4.74. The van der Waals surface area contributed by atoms with Crippen LogP contribution in [0.2, 0.25) is 0 Å². The van der Waals surface area contributed by atoms with Crippen LogP contribution in [0.1, 0.15) is 34.6 Å². The van der Waals surface area contributed by atoms with Crippen LogP contribution in [-0.4, -0.2) is 33.6 Å². The molecule has 0 heterocycles. The lowest BCUT2D eigenvalue weighted by Gasteiger charge is -2.36. The highest BCUT2D eigenvalue weighted by atomic mass is 16.3. The Hall–Kier alpha value is -0.120. The van der Waals surface area contributed by atoms with Crippen LogP contribution in [0.4, 0.5) is 0 Å². The van der Waals surface area contributed by atoms with E-state index in [-0.39, 0.29) is 17.8 Å². The first-order valence-corrected chi connectivity index (χ1v) is 5.33. The van der Waals surface area contributed by atoms with Gasteiger partial charge in [-0.25, -0.2) is 0 Å². The van der Waals surface area contributed by atoms with Crippen molar-refractivity contribution in [1.29, 1.82) is 0 Å². The maximum atomic E-state index is 9.63. The molecule has 0 aromatic rings. The second-order valence-electron chi connectivity index (χ2n) is 4.62. The van der Waals surface area contributed by atoms with Crippen LogP contribution in [0.25, 0.3) is 0 Å². The minimum Gasteiger partial charge on any atom is -0.393 e. The molecule has 0 spiro atoms. The highest BCUT2D eigenvalue weighted by Crippen LogP contribution is 2.29. The molecule has 0 radical (unpaired) electrons. The topological polar surface area (TPSA) is 60.7 Å². The fraction of sp³-hybridized carbons (Fsp3) is 1.00. The van der Waals surface area contributed by atoms with Gasteiger partial charge in [0.05, 0.1) is 18.3 Å². The van der Waals surface area contributed by atoms with Gasteiger partial charge in [0.1, 0.15) is 0 Å². The van der Waals surface area contributed by atoms with E-state index in [0.29, 0.717) is 0 Å². The van der Waals surface area contributed by atoms with E-state index < -0.39 is 18.3 Å². The standard InChI is InChI=1S/C11H24O3/c1-6(2)10(7(3)12)11(8(4)13)9(5)14/h6-14H,1-5H3. The molecular weight excluding hydrogens is 180 g/mol. The van der Waals surface area contributed by atoms with E-state index in [2.05, 4.69) is 0 Å². The first-order valence-electron chi connectivity index (χ1n) is 5.33. The van der Waals surface area contributed by atoms with Crippen LogP contribution in [-0.2, 0) is 0 Å². The quantitative estimate of drug-likeness (QED) is 0.626. The zero-order valence-corrected chi connectivity index (χ0v) is 9.81. The average molecular weight is 204 g/mol. The second-order valence-corrected chi connectivity index (χ2v) is 4.62. The number of hydrogen-bond acceptors (Lipinski definition) is 3. The predicted octanol–water partition coefficient (Wildman–Crippen LogP) is 1.02. The van der Waals surface area contributed by atoms with Crippen LogP contribution in [0, 0.1) is 17.8 Å². The molecule has 14 heavy (non-hydrogen) atoms. The van der Waals surface area contributed by atoms with E-state index in [1.54, 1.807) is 20.8 Å². The number of aliphatic hydroxyl groups is 3. The van der Waals surface area contributed by atoms with Crippen molar-refractivity contribution in [2.24, 2.45) is 17.8 Å². The van der Waals surface area contributed by atoms with Gasteiger partial charge in [0.25, 0.3) is 0 Å². The van der Waals surface area contributed by atoms with E-state index in [1.807, 2.05) is 13.8 Å². The van der Waals surface area contributed by atoms with Crippen molar-refractivity contribution < 1.29 is 15.3 Å². The van der Waals surface area contributed by atoms with Gasteiger partial charge >= 0.3 is 0 Å². The van der Waals surface area contributed by atoms with E-state index in [0.717, 1.165) is 0 Å². The van der Waals surface area contributed by atoms with Crippen molar-refractivity contribution in [3.05, 3.63) is 0 Å². The van der Waals surface area contributed by atoms with Crippen LogP contribution in [0.5, 0.6) is 0 Å².